The van der Waals surface area contributed by atoms with Gasteiger partial charge in [-0.15, -0.1) is 0 Å². The highest BCUT2D eigenvalue weighted by Gasteiger charge is 2.19. The van der Waals surface area contributed by atoms with Crippen molar-refractivity contribution in [2.45, 2.75) is 6.92 Å². The van der Waals surface area contributed by atoms with Gasteiger partial charge in [-0.1, -0.05) is 53.2 Å². The first-order valence-corrected chi connectivity index (χ1v) is 7.02. The van der Waals surface area contributed by atoms with Gasteiger partial charge in [0.15, 0.2) is 0 Å². The maximum Gasteiger partial charge on any atom is 0.258 e. The standard InChI is InChI=1S/C18H13N3O2/c1-12-6-5-9-14(10-12)17(22)20-18-15(11-19)16(21-23-18)13-7-3-2-4-8-13/h2-10H,1H3,(H,20,22). The summed E-state index contributed by atoms with van der Waals surface area (Å²) >= 11 is 0. The molecule has 1 heterocycles. The molecule has 0 atom stereocenters. The minimum atomic E-state index is -0.346. The number of anilines is 1. The van der Waals surface area contributed by atoms with Gasteiger partial charge in [-0.05, 0) is 19.1 Å². The molecule has 0 fully saturated rings. The zero-order chi connectivity index (χ0) is 16.2. The molecular weight excluding hydrogens is 290 g/mol. The summed E-state index contributed by atoms with van der Waals surface area (Å²) in [6.07, 6.45) is 0. The summed E-state index contributed by atoms with van der Waals surface area (Å²) in [5.41, 5.74) is 2.83. The van der Waals surface area contributed by atoms with Crippen molar-refractivity contribution in [2.24, 2.45) is 0 Å². The number of nitrogens with zero attached hydrogens (tertiary/aromatic N) is 2. The largest absolute Gasteiger partial charge is 0.336 e. The van der Waals surface area contributed by atoms with Crippen LogP contribution in [0.25, 0.3) is 11.3 Å². The highest BCUT2D eigenvalue weighted by Crippen LogP contribution is 2.28. The van der Waals surface area contributed by atoms with Crippen molar-refractivity contribution in [2.75, 3.05) is 5.32 Å². The lowest BCUT2D eigenvalue weighted by Gasteiger charge is -2.02. The molecule has 5 nitrogen and oxygen atoms in total. The fourth-order valence-electron chi connectivity index (χ4n) is 2.23. The van der Waals surface area contributed by atoms with Crippen LogP contribution < -0.4 is 5.32 Å². The number of hydrogen-bond donors (Lipinski definition) is 1. The SMILES string of the molecule is Cc1cccc(C(=O)Nc2onc(-c3ccccc3)c2C#N)c1. The third-order valence-corrected chi connectivity index (χ3v) is 3.36. The van der Waals surface area contributed by atoms with Crippen LogP contribution in [0.5, 0.6) is 0 Å². The minimum Gasteiger partial charge on any atom is -0.336 e. The van der Waals surface area contributed by atoms with Crippen LogP contribution >= 0.6 is 0 Å². The summed E-state index contributed by atoms with van der Waals surface area (Å²) in [5.74, 6) is -0.293. The van der Waals surface area contributed by atoms with Gasteiger partial charge in [0.05, 0.1) is 0 Å². The van der Waals surface area contributed by atoms with E-state index in [1.54, 1.807) is 18.2 Å². The van der Waals surface area contributed by atoms with E-state index in [2.05, 4.69) is 10.5 Å². The molecule has 0 aliphatic rings. The summed E-state index contributed by atoms with van der Waals surface area (Å²) < 4.78 is 5.16. The van der Waals surface area contributed by atoms with Crippen molar-refractivity contribution in [1.82, 2.24) is 5.16 Å². The van der Waals surface area contributed by atoms with Gasteiger partial charge in [0.1, 0.15) is 17.3 Å². The van der Waals surface area contributed by atoms with E-state index in [-0.39, 0.29) is 17.4 Å². The average molecular weight is 303 g/mol. The maximum absolute atomic E-state index is 12.3. The normalized spacial score (nSPS) is 10.1. The molecule has 2 aromatic carbocycles. The van der Waals surface area contributed by atoms with E-state index in [9.17, 15) is 10.1 Å². The van der Waals surface area contributed by atoms with Crippen molar-refractivity contribution >= 4 is 11.8 Å². The van der Waals surface area contributed by atoms with Crippen molar-refractivity contribution in [1.29, 1.82) is 5.26 Å². The number of aryl methyl sites for hydroxylation is 1. The van der Waals surface area contributed by atoms with Gasteiger partial charge >= 0.3 is 0 Å². The molecule has 0 aliphatic heterocycles. The molecule has 0 radical (unpaired) electrons. The van der Waals surface area contributed by atoms with Crippen LogP contribution in [-0.2, 0) is 0 Å². The van der Waals surface area contributed by atoms with Crippen LogP contribution in [0.15, 0.2) is 59.1 Å². The van der Waals surface area contributed by atoms with Gasteiger partial charge in [0, 0.05) is 11.1 Å². The predicted molar refractivity (Wildman–Crippen MR) is 85.8 cm³/mol. The van der Waals surface area contributed by atoms with Crippen molar-refractivity contribution < 1.29 is 9.32 Å². The number of nitriles is 1. The van der Waals surface area contributed by atoms with Crippen LogP contribution in [0.3, 0.4) is 0 Å². The number of amides is 1. The zero-order valence-corrected chi connectivity index (χ0v) is 12.4. The Balaban J connectivity index is 1.91. The highest BCUT2D eigenvalue weighted by molar-refractivity contribution is 6.04. The molecular formula is C18H13N3O2. The first-order chi connectivity index (χ1) is 11.2. The Morgan fingerprint density at radius 2 is 1.96 bits per heavy atom. The van der Waals surface area contributed by atoms with E-state index in [1.807, 2.05) is 49.4 Å². The van der Waals surface area contributed by atoms with Crippen LogP contribution in [0.1, 0.15) is 21.5 Å². The van der Waals surface area contributed by atoms with E-state index in [0.717, 1.165) is 11.1 Å². The highest BCUT2D eigenvalue weighted by atomic mass is 16.5. The lowest BCUT2D eigenvalue weighted by Crippen LogP contribution is -2.12. The molecule has 0 saturated carbocycles. The Morgan fingerprint density at radius 1 is 1.17 bits per heavy atom. The number of nitrogens with one attached hydrogen (secondary N) is 1. The predicted octanol–water partition coefficient (Wildman–Crippen LogP) is 3.77. The second-order valence-electron chi connectivity index (χ2n) is 5.04. The topological polar surface area (TPSA) is 78.9 Å². The zero-order valence-electron chi connectivity index (χ0n) is 12.4. The van der Waals surface area contributed by atoms with E-state index in [4.69, 9.17) is 4.52 Å². The second-order valence-corrected chi connectivity index (χ2v) is 5.04. The fraction of sp³-hybridized carbons (Fsp3) is 0.0556. The number of hydrogen-bond acceptors (Lipinski definition) is 4. The summed E-state index contributed by atoms with van der Waals surface area (Å²) in [5, 5.41) is 15.9. The van der Waals surface area contributed by atoms with Gasteiger partial charge < -0.3 is 4.52 Å². The first-order valence-electron chi connectivity index (χ1n) is 7.02. The summed E-state index contributed by atoms with van der Waals surface area (Å²) in [7, 11) is 0. The summed E-state index contributed by atoms with van der Waals surface area (Å²) in [6.45, 7) is 1.90. The number of carbonyl (C=O) groups excluding carboxylic acids is 1. The third kappa shape index (κ3) is 2.97. The molecule has 0 aliphatic carbocycles. The maximum atomic E-state index is 12.3. The number of carbonyl (C=O) groups is 1. The monoisotopic (exact) mass is 303 g/mol. The Morgan fingerprint density at radius 3 is 2.65 bits per heavy atom. The third-order valence-electron chi connectivity index (χ3n) is 3.36. The lowest BCUT2D eigenvalue weighted by molar-refractivity contribution is 0.102. The quantitative estimate of drug-likeness (QED) is 0.798. The molecule has 0 unspecified atom stereocenters. The van der Waals surface area contributed by atoms with Crippen LogP contribution in [0, 0.1) is 18.3 Å². The Bertz CT molecular complexity index is 892. The molecule has 0 spiro atoms. The van der Waals surface area contributed by atoms with Crippen LogP contribution in [0.2, 0.25) is 0 Å². The molecule has 3 aromatic rings. The Hall–Kier alpha value is -3.39. The molecule has 1 N–H and O–H groups in total. The summed E-state index contributed by atoms with van der Waals surface area (Å²) in [6, 6.07) is 18.4. The smallest absolute Gasteiger partial charge is 0.258 e. The number of benzene rings is 2. The minimum absolute atomic E-state index is 0.0536. The molecule has 0 bridgehead atoms. The molecule has 1 aromatic heterocycles. The van der Waals surface area contributed by atoms with Gasteiger partial charge in [-0.25, -0.2) is 0 Å². The van der Waals surface area contributed by atoms with Gasteiger partial charge in [-0.3, -0.25) is 10.1 Å². The van der Waals surface area contributed by atoms with Gasteiger partial charge in [0.25, 0.3) is 5.91 Å². The lowest BCUT2D eigenvalue weighted by atomic mass is 10.1. The fourth-order valence-corrected chi connectivity index (χ4v) is 2.23. The van der Waals surface area contributed by atoms with Crippen molar-refractivity contribution in [3.63, 3.8) is 0 Å². The molecule has 23 heavy (non-hydrogen) atoms. The van der Waals surface area contributed by atoms with Crippen molar-refractivity contribution in [3.05, 3.63) is 71.3 Å². The van der Waals surface area contributed by atoms with Crippen LogP contribution in [0.4, 0.5) is 5.88 Å². The average Bonchev–Trinajstić information content (AvgIpc) is 2.98. The van der Waals surface area contributed by atoms with E-state index < -0.39 is 0 Å². The number of rotatable bonds is 3. The molecule has 3 rings (SSSR count). The number of aromatic nitrogens is 1. The molecule has 5 heteroatoms. The molecule has 0 saturated heterocycles. The molecule has 112 valence electrons. The molecule has 1 amide bonds. The Kier molecular flexibility index (Phi) is 3.89. The van der Waals surface area contributed by atoms with E-state index >= 15 is 0 Å². The summed E-state index contributed by atoms with van der Waals surface area (Å²) in [4.78, 5) is 12.3. The van der Waals surface area contributed by atoms with E-state index in [1.165, 1.54) is 0 Å². The van der Waals surface area contributed by atoms with Gasteiger partial charge in [-0.2, -0.15) is 5.26 Å². The second kappa shape index (κ2) is 6.16. The van der Waals surface area contributed by atoms with Crippen LogP contribution in [-0.4, -0.2) is 11.1 Å². The van der Waals surface area contributed by atoms with Gasteiger partial charge in [0.2, 0.25) is 5.88 Å². The van der Waals surface area contributed by atoms with Crippen molar-refractivity contribution in [3.8, 4) is 17.3 Å². The Labute approximate surface area is 133 Å². The first kappa shape index (κ1) is 14.5. The van der Waals surface area contributed by atoms with E-state index in [0.29, 0.717) is 11.3 Å².